The first-order valence-corrected chi connectivity index (χ1v) is 9.27. The molecule has 0 heterocycles. The van der Waals surface area contributed by atoms with Gasteiger partial charge in [0.05, 0.1) is 0 Å². The van der Waals surface area contributed by atoms with E-state index in [2.05, 4.69) is 78.9 Å². The zero-order valence-corrected chi connectivity index (χ0v) is 15.7. The molecular weight excluding hydrogens is 412 g/mol. The Morgan fingerprint density at radius 3 is 1.17 bits per heavy atom. The van der Waals surface area contributed by atoms with Gasteiger partial charge in [0.1, 0.15) is 29.2 Å². The molecule has 0 aliphatic carbocycles. The maximum Gasteiger partial charge on any atom is 0.159 e. The topological polar surface area (TPSA) is 23.8 Å². The van der Waals surface area contributed by atoms with Crippen LogP contribution in [0.1, 0.15) is 0 Å². The van der Waals surface area contributed by atoms with E-state index in [1.807, 2.05) is 18.2 Å². The molecule has 23 heavy (non-hydrogen) atoms. The largest absolute Gasteiger partial charge is 1.00 e. The van der Waals surface area contributed by atoms with Crippen LogP contribution >= 0.6 is 7.26 Å². The number of hydrogen-bond acceptors (Lipinski definition) is 1. The second-order valence-electron chi connectivity index (χ2n) is 5.13. The van der Waals surface area contributed by atoms with Gasteiger partial charge in [0.25, 0.3) is 0 Å². The molecule has 0 amide bonds. The van der Waals surface area contributed by atoms with Gasteiger partial charge in [-0.05, 0) is 36.4 Å². The van der Waals surface area contributed by atoms with E-state index >= 15 is 0 Å². The fourth-order valence-electron chi connectivity index (χ4n) is 2.87. The first kappa shape index (κ1) is 17.7. The number of nitrogens with zero attached hydrogens (tertiary/aromatic N) is 1. The van der Waals surface area contributed by atoms with Crippen molar-refractivity contribution in [3.05, 3.63) is 91.0 Å². The summed E-state index contributed by atoms with van der Waals surface area (Å²) in [4.78, 5) is 0. The quantitative estimate of drug-likeness (QED) is 0.438. The Balaban J connectivity index is 0.00000192. The lowest BCUT2D eigenvalue weighted by molar-refractivity contribution is -0.00000450. The van der Waals surface area contributed by atoms with Crippen LogP contribution in [0.15, 0.2) is 91.0 Å². The molecule has 0 saturated carbocycles. The van der Waals surface area contributed by atoms with Crippen molar-refractivity contribution in [1.82, 2.24) is 0 Å². The van der Waals surface area contributed by atoms with Gasteiger partial charge in [-0.15, -0.1) is 0 Å². The van der Waals surface area contributed by atoms with E-state index in [-0.39, 0.29) is 24.0 Å². The van der Waals surface area contributed by atoms with E-state index in [1.54, 1.807) is 0 Å². The maximum atomic E-state index is 9.56. The van der Waals surface area contributed by atoms with Crippen LogP contribution in [0.3, 0.4) is 0 Å². The molecule has 3 heteroatoms. The van der Waals surface area contributed by atoms with Gasteiger partial charge in [0, 0.05) is 0 Å². The summed E-state index contributed by atoms with van der Waals surface area (Å²) < 4.78 is 0. The van der Waals surface area contributed by atoms with Gasteiger partial charge < -0.3 is 24.0 Å². The van der Waals surface area contributed by atoms with Crippen LogP contribution < -0.4 is 39.9 Å². The molecule has 0 saturated heterocycles. The Bertz CT molecular complexity index is 670. The number of benzene rings is 3. The van der Waals surface area contributed by atoms with E-state index in [9.17, 15) is 5.26 Å². The number of hydrogen-bond donors (Lipinski definition) is 0. The van der Waals surface area contributed by atoms with Gasteiger partial charge in [0.15, 0.2) is 6.16 Å². The molecule has 3 aromatic rings. The third-order valence-corrected chi connectivity index (χ3v) is 8.05. The van der Waals surface area contributed by atoms with E-state index in [1.165, 1.54) is 15.9 Å². The maximum absolute atomic E-state index is 9.56. The summed E-state index contributed by atoms with van der Waals surface area (Å²) in [5.41, 5.74) is 0. The highest BCUT2D eigenvalue weighted by Gasteiger charge is 2.45. The van der Waals surface area contributed by atoms with E-state index in [0.29, 0.717) is 6.16 Å². The molecule has 0 bridgehead atoms. The normalized spacial score (nSPS) is 10.4. The second-order valence-corrected chi connectivity index (χ2v) is 8.62. The average Bonchev–Trinajstić information content (AvgIpc) is 2.62. The van der Waals surface area contributed by atoms with Gasteiger partial charge in [-0.25, -0.2) is 0 Å². The summed E-state index contributed by atoms with van der Waals surface area (Å²) in [6, 6.07) is 33.9. The summed E-state index contributed by atoms with van der Waals surface area (Å²) in [5.74, 6) is 0. The van der Waals surface area contributed by atoms with Crippen molar-refractivity contribution in [2.75, 3.05) is 6.16 Å². The van der Waals surface area contributed by atoms with Crippen LogP contribution in [0.4, 0.5) is 0 Å². The van der Waals surface area contributed by atoms with Crippen molar-refractivity contribution in [3.8, 4) is 6.07 Å². The smallest absolute Gasteiger partial charge is 0.159 e. The Kier molecular flexibility index (Phi) is 6.33. The van der Waals surface area contributed by atoms with Crippen LogP contribution in [0.2, 0.25) is 0 Å². The summed E-state index contributed by atoms with van der Waals surface area (Å²) in [5, 5.41) is 13.3. The van der Waals surface area contributed by atoms with Crippen molar-refractivity contribution < 1.29 is 24.0 Å². The van der Waals surface area contributed by atoms with Crippen molar-refractivity contribution in [1.29, 1.82) is 5.26 Å². The Hall–Kier alpha value is -1.69. The van der Waals surface area contributed by atoms with Gasteiger partial charge in [-0.3, -0.25) is 0 Å². The van der Waals surface area contributed by atoms with Crippen molar-refractivity contribution in [2.45, 2.75) is 0 Å². The molecular formula is C20H17INP. The Morgan fingerprint density at radius 2 is 0.913 bits per heavy atom. The molecule has 1 nitrogen and oxygen atoms in total. The highest BCUT2D eigenvalue weighted by Crippen LogP contribution is 2.54. The predicted octanol–water partition coefficient (Wildman–Crippen LogP) is 0.508. The van der Waals surface area contributed by atoms with E-state index < -0.39 is 7.26 Å². The van der Waals surface area contributed by atoms with Crippen molar-refractivity contribution in [2.24, 2.45) is 0 Å². The minimum absolute atomic E-state index is 0. The van der Waals surface area contributed by atoms with E-state index in [0.717, 1.165) is 0 Å². The van der Waals surface area contributed by atoms with Crippen molar-refractivity contribution in [3.63, 3.8) is 0 Å². The molecule has 0 N–H and O–H groups in total. The standard InChI is InChI=1S/C20H17NP.HI/c21-16-17-22(18-10-4-1-5-11-18,19-12-6-2-7-13-19)20-14-8-3-9-15-20;/h1-15H,17H2;1H/q+1;/p-1. The van der Waals surface area contributed by atoms with Crippen molar-refractivity contribution >= 4 is 23.2 Å². The Morgan fingerprint density at radius 1 is 0.609 bits per heavy atom. The fraction of sp³-hybridized carbons (Fsp3) is 0.0500. The van der Waals surface area contributed by atoms with Gasteiger partial charge in [0.2, 0.25) is 0 Å². The monoisotopic (exact) mass is 429 g/mol. The third-order valence-electron chi connectivity index (χ3n) is 3.90. The lowest BCUT2D eigenvalue weighted by atomic mass is 10.4. The van der Waals surface area contributed by atoms with Crippen LogP contribution in [-0.2, 0) is 0 Å². The zero-order valence-electron chi connectivity index (χ0n) is 12.6. The molecule has 0 atom stereocenters. The molecule has 114 valence electrons. The molecule has 0 aliphatic rings. The number of rotatable bonds is 4. The zero-order chi connectivity index (χ0) is 15.3. The molecule has 3 aromatic carbocycles. The fourth-order valence-corrected chi connectivity index (χ4v) is 6.57. The summed E-state index contributed by atoms with van der Waals surface area (Å²) >= 11 is 0. The lowest BCUT2D eigenvalue weighted by Crippen LogP contribution is -3.00. The van der Waals surface area contributed by atoms with Gasteiger partial charge in [-0.2, -0.15) is 5.26 Å². The van der Waals surface area contributed by atoms with Gasteiger partial charge >= 0.3 is 0 Å². The second kappa shape index (κ2) is 8.24. The van der Waals surface area contributed by atoms with Crippen LogP contribution in [0.25, 0.3) is 0 Å². The lowest BCUT2D eigenvalue weighted by Gasteiger charge is -2.25. The summed E-state index contributed by atoms with van der Waals surface area (Å²) in [7, 11) is -1.91. The van der Waals surface area contributed by atoms with Crippen LogP contribution in [0, 0.1) is 11.3 Å². The Labute approximate surface area is 155 Å². The predicted molar refractivity (Wildman–Crippen MR) is 95.6 cm³/mol. The molecule has 0 aliphatic heterocycles. The molecule has 0 fully saturated rings. The third kappa shape index (κ3) is 3.47. The number of nitriles is 1. The minimum atomic E-state index is -1.91. The highest BCUT2D eigenvalue weighted by molar-refractivity contribution is 7.95. The summed E-state index contributed by atoms with van der Waals surface area (Å²) in [6.45, 7) is 0. The molecule has 0 aromatic heterocycles. The minimum Gasteiger partial charge on any atom is -1.00 e. The molecule has 0 spiro atoms. The first-order valence-electron chi connectivity index (χ1n) is 7.30. The van der Waals surface area contributed by atoms with Gasteiger partial charge in [-0.1, -0.05) is 54.6 Å². The molecule has 0 radical (unpaired) electrons. The van der Waals surface area contributed by atoms with Crippen LogP contribution in [-0.4, -0.2) is 6.16 Å². The number of halogens is 1. The molecule has 0 unspecified atom stereocenters. The highest BCUT2D eigenvalue weighted by atomic mass is 127. The van der Waals surface area contributed by atoms with Crippen LogP contribution in [0.5, 0.6) is 0 Å². The average molecular weight is 429 g/mol. The summed E-state index contributed by atoms with van der Waals surface area (Å²) in [6.07, 6.45) is 0.519. The SMILES string of the molecule is N#CC[P+](c1ccccc1)(c1ccccc1)c1ccccc1.[I-]. The first-order chi connectivity index (χ1) is 10.9. The molecule has 3 rings (SSSR count). The van der Waals surface area contributed by atoms with E-state index in [4.69, 9.17) is 0 Å².